The normalized spacial score (nSPS) is 21.6. The maximum absolute atomic E-state index is 11.6. The minimum atomic E-state index is -3.06. The summed E-state index contributed by atoms with van der Waals surface area (Å²) < 4.78 is 24.7. The van der Waals surface area contributed by atoms with E-state index in [0.717, 1.165) is 0 Å². The standard InChI is InChI=1S/C11H18N4O4S/c1-3-9-10(15(16)17)11(14(2)13-9)12-8-5-4-6-20(18,19)7-8/h8,12H,3-7H2,1-2H3. The third kappa shape index (κ3) is 2.92. The molecule has 1 saturated heterocycles. The minimum absolute atomic E-state index is 0.0107. The van der Waals surface area contributed by atoms with Crippen molar-refractivity contribution in [3.05, 3.63) is 15.8 Å². The Labute approximate surface area is 117 Å². The molecule has 1 aliphatic rings. The molecule has 2 heterocycles. The molecular formula is C11H18N4O4S. The van der Waals surface area contributed by atoms with Gasteiger partial charge in [-0.3, -0.25) is 10.1 Å². The van der Waals surface area contributed by atoms with E-state index >= 15 is 0 Å². The van der Waals surface area contributed by atoms with Gasteiger partial charge in [-0.25, -0.2) is 13.1 Å². The van der Waals surface area contributed by atoms with Gasteiger partial charge < -0.3 is 5.32 Å². The highest BCUT2D eigenvalue weighted by molar-refractivity contribution is 7.91. The van der Waals surface area contributed by atoms with Gasteiger partial charge in [0.15, 0.2) is 9.84 Å². The van der Waals surface area contributed by atoms with Crippen molar-refractivity contribution in [3.63, 3.8) is 0 Å². The van der Waals surface area contributed by atoms with Crippen LogP contribution in [0.3, 0.4) is 0 Å². The van der Waals surface area contributed by atoms with Crippen molar-refractivity contribution in [3.8, 4) is 0 Å². The summed E-state index contributed by atoms with van der Waals surface area (Å²) >= 11 is 0. The largest absolute Gasteiger partial charge is 0.361 e. The van der Waals surface area contributed by atoms with Crippen molar-refractivity contribution in [2.75, 3.05) is 16.8 Å². The summed E-state index contributed by atoms with van der Waals surface area (Å²) in [4.78, 5) is 10.7. The molecule has 1 aromatic heterocycles. The topological polar surface area (TPSA) is 107 Å². The Morgan fingerprint density at radius 2 is 2.25 bits per heavy atom. The van der Waals surface area contributed by atoms with E-state index < -0.39 is 14.8 Å². The highest BCUT2D eigenvalue weighted by atomic mass is 32.2. The summed E-state index contributed by atoms with van der Waals surface area (Å²) in [6.45, 7) is 1.80. The number of hydrogen-bond acceptors (Lipinski definition) is 6. The lowest BCUT2D eigenvalue weighted by Crippen LogP contribution is -2.35. The monoisotopic (exact) mass is 302 g/mol. The van der Waals surface area contributed by atoms with E-state index in [4.69, 9.17) is 0 Å². The first-order valence-electron chi connectivity index (χ1n) is 6.51. The number of anilines is 1. The van der Waals surface area contributed by atoms with E-state index in [9.17, 15) is 18.5 Å². The number of aromatic nitrogens is 2. The Bertz CT molecular complexity index is 623. The van der Waals surface area contributed by atoms with Gasteiger partial charge in [0.1, 0.15) is 5.69 Å². The summed E-state index contributed by atoms with van der Waals surface area (Å²) in [6, 6.07) is -0.299. The second-order valence-electron chi connectivity index (χ2n) is 4.98. The zero-order valence-electron chi connectivity index (χ0n) is 11.5. The summed E-state index contributed by atoms with van der Waals surface area (Å²) in [5, 5.41) is 18.3. The SMILES string of the molecule is CCc1nn(C)c(NC2CCCS(=O)(=O)C2)c1[N+](=O)[O-]. The molecule has 0 bridgehead atoms. The van der Waals surface area contributed by atoms with Crippen LogP contribution in [0, 0.1) is 10.1 Å². The molecule has 0 saturated carbocycles. The number of rotatable bonds is 4. The van der Waals surface area contributed by atoms with E-state index in [2.05, 4.69) is 10.4 Å². The van der Waals surface area contributed by atoms with E-state index in [1.54, 1.807) is 14.0 Å². The van der Waals surface area contributed by atoms with Gasteiger partial charge in [-0.15, -0.1) is 0 Å². The Kier molecular flexibility index (Phi) is 3.98. The molecule has 9 heteroatoms. The van der Waals surface area contributed by atoms with Crippen LogP contribution in [-0.2, 0) is 23.3 Å². The Morgan fingerprint density at radius 3 is 2.80 bits per heavy atom. The molecule has 1 unspecified atom stereocenters. The highest BCUT2D eigenvalue weighted by Gasteiger charge is 2.30. The predicted octanol–water partition coefficient (Wildman–Crippen LogP) is 0.880. The average Bonchev–Trinajstić information content (AvgIpc) is 2.65. The van der Waals surface area contributed by atoms with Crippen LogP contribution < -0.4 is 5.32 Å². The second-order valence-corrected chi connectivity index (χ2v) is 7.20. The molecule has 0 radical (unpaired) electrons. The third-order valence-electron chi connectivity index (χ3n) is 3.41. The lowest BCUT2D eigenvalue weighted by molar-refractivity contribution is -0.384. The van der Waals surface area contributed by atoms with Gasteiger partial charge in [-0.05, 0) is 19.3 Å². The fourth-order valence-electron chi connectivity index (χ4n) is 2.49. The summed E-state index contributed by atoms with van der Waals surface area (Å²) in [6.07, 6.45) is 1.71. The van der Waals surface area contributed by atoms with Gasteiger partial charge in [-0.1, -0.05) is 6.92 Å². The van der Waals surface area contributed by atoms with Gasteiger partial charge in [0.05, 0.1) is 16.4 Å². The van der Waals surface area contributed by atoms with Crippen LogP contribution in [0.2, 0.25) is 0 Å². The van der Waals surface area contributed by atoms with E-state index in [1.165, 1.54) is 4.68 Å². The zero-order valence-corrected chi connectivity index (χ0v) is 12.3. The van der Waals surface area contributed by atoms with Crippen LogP contribution in [0.1, 0.15) is 25.5 Å². The van der Waals surface area contributed by atoms with Crippen LogP contribution in [-0.4, -0.2) is 40.7 Å². The predicted molar refractivity (Wildman–Crippen MR) is 74.5 cm³/mol. The fourth-order valence-corrected chi connectivity index (χ4v) is 4.13. The molecule has 1 N–H and O–H groups in total. The van der Waals surface area contributed by atoms with Crippen LogP contribution in [0.25, 0.3) is 0 Å². The lowest BCUT2D eigenvalue weighted by atomic mass is 10.2. The number of hydrogen-bond donors (Lipinski definition) is 1. The van der Waals surface area contributed by atoms with Crippen molar-refractivity contribution in [2.45, 2.75) is 32.2 Å². The van der Waals surface area contributed by atoms with Crippen LogP contribution in [0.4, 0.5) is 11.5 Å². The number of nitrogens with zero attached hydrogens (tertiary/aromatic N) is 3. The molecule has 0 amide bonds. The second kappa shape index (κ2) is 5.39. The van der Waals surface area contributed by atoms with E-state index in [0.29, 0.717) is 25.0 Å². The fraction of sp³-hybridized carbons (Fsp3) is 0.727. The highest BCUT2D eigenvalue weighted by Crippen LogP contribution is 2.30. The van der Waals surface area contributed by atoms with Crippen LogP contribution >= 0.6 is 0 Å². The molecule has 2 rings (SSSR count). The molecular weight excluding hydrogens is 284 g/mol. The molecule has 0 aromatic carbocycles. The summed E-state index contributed by atoms with van der Waals surface area (Å²) in [5.41, 5.74) is 0.344. The van der Waals surface area contributed by atoms with Crippen molar-refractivity contribution in [2.24, 2.45) is 7.05 Å². The van der Waals surface area contributed by atoms with Gasteiger partial charge in [0, 0.05) is 13.1 Å². The Balaban J connectivity index is 2.29. The van der Waals surface area contributed by atoms with Crippen molar-refractivity contribution < 1.29 is 13.3 Å². The lowest BCUT2D eigenvalue weighted by Gasteiger charge is -2.23. The molecule has 1 atom stereocenters. The van der Waals surface area contributed by atoms with Crippen molar-refractivity contribution in [1.82, 2.24) is 9.78 Å². The van der Waals surface area contributed by atoms with E-state index in [1.807, 2.05) is 0 Å². The number of nitrogens with one attached hydrogen (secondary N) is 1. The minimum Gasteiger partial charge on any atom is -0.361 e. The Morgan fingerprint density at radius 1 is 1.55 bits per heavy atom. The quantitative estimate of drug-likeness (QED) is 0.653. The maximum atomic E-state index is 11.6. The zero-order chi connectivity index (χ0) is 14.9. The molecule has 1 fully saturated rings. The van der Waals surface area contributed by atoms with E-state index in [-0.39, 0.29) is 29.1 Å². The molecule has 112 valence electrons. The van der Waals surface area contributed by atoms with Crippen molar-refractivity contribution in [1.29, 1.82) is 0 Å². The number of aryl methyl sites for hydroxylation is 2. The van der Waals surface area contributed by atoms with Gasteiger partial charge >= 0.3 is 5.69 Å². The summed E-state index contributed by atoms with van der Waals surface area (Å²) in [7, 11) is -1.44. The number of nitro groups is 1. The smallest absolute Gasteiger partial charge is 0.333 e. The molecule has 0 aliphatic carbocycles. The van der Waals surface area contributed by atoms with Gasteiger partial charge in [-0.2, -0.15) is 5.10 Å². The molecule has 20 heavy (non-hydrogen) atoms. The first kappa shape index (κ1) is 14.8. The maximum Gasteiger partial charge on any atom is 0.333 e. The van der Waals surface area contributed by atoms with Gasteiger partial charge in [0.2, 0.25) is 5.82 Å². The first-order chi connectivity index (χ1) is 9.34. The number of sulfone groups is 1. The van der Waals surface area contributed by atoms with Crippen molar-refractivity contribution >= 4 is 21.3 Å². The van der Waals surface area contributed by atoms with Gasteiger partial charge in [0.25, 0.3) is 0 Å². The third-order valence-corrected chi connectivity index (χ3v) is 5.23. The molecule has 1 aliphatic heterocycles. The van der Waals surface area contributed by atoms with Crippen LogP contribution in [0.15, 0.2) is 0 Å². The van der Waals surface area contributed by atoms with Crippen LogP contribution in [0.5, 0.6) is 0 Å². The average molecular weight is 302 g/mol. The molecule has 1 aromatic rings. The Hall–Kier alpha value is -1.64. The molecule has 0 spiro atoms. The molecule has 8 nitrogen and oxygen atoms in total. The first-order valence-corrected chi connectivity index (χ1v) is 8.33. The summed E-state index contributed by atoms with van der Waals surface area (Å²) in [5.74, 6) is 0.490.